The fourth-order valence-electron chi connectivity index (χ4n) is 4.61. The van der Waals surface area contributed by atoms with Crippen molar-refractivity contribution in [2.45, 2.75) is 45.6 Å². The molecule has 223 valence electrons. The van der Waals surface area contributed by atoms with E-state index in [2.05, 4.69) is 53.9 Å². The minimum Gasteiger partial charge on any atom is -0.305 e. The Balaban J connectivity index is 0.000000223. The quantitative estimate of drug-likeness (QED) is 0.131. The van der Waals surface area contributed by atoms with Crippen LogP contribution in [0.15, 0.2) is 91.3 Å². The second-order valence-electron chi connectivity index (χ2n) is 11.3. The second-order valence-corrected chi connectivity index (χ2v) is 17.4. The molecule has 1 radical (unpaired) electrons. The summed E-state index contributed by atoms with van der Waals surface area (Å²) in [6, 6.07) is 29.9. The van der Waals surface area contributed by atoms with E-state index in [1.165, 1.54) is 16.5 Å². The molecule has 3 heterocycles. The molecule has 2 nitrogen and oxygen atoms in total. The summed E-state index contributed by atoms with van der Waals surface area (Å²) >= 11 is 1.31. The molecule has 43 heavy (non-hydrogen) atoms. The molecule has 0 aliphatic rings. The summed E-state index contributed by atoms with van der Waals surface area (Å²) in [6.07, 6.45) is -0.858. The Labute approximate surface area is 270 Å². The van der Waals surface area contributed by atoms with Crippen LogP contribution in [-0.4, -0.2) is 18.0 Å². The van der Waals surface area contributed by atoms with E-state index in [0.29, 0.717) is 21.3 Å². The molecule has 8 heteroatoms. The van der Waals surface area contributed by atoms with Crippen LogP contribution in [0.3, 0.4) is 0 Å². The normalized spacial score (nSPS) is 12.3. The number of hydrogen-bond acceptors (Lipinski definition) is 3. The van der Waals surface area contributed by atoms with Crippen molar-refractivity contribution in [2.24, 2.45) is 0 Å². The van der Waals surface area contributed by atoms with E-state index in [4.69, 9.17) is 1.37 Å². The van der Waals surface area contributed by atoms with Gasteiger partial charge in [-0.05, 0) is 50.3 Å². The zero-order valence-corrected chi connectivity index (χ0v) is 28.6. The van der Waals surface area contributed by atoms with Crippen LogP contribution in [0.1, 0.15) is 32.2 Å². The standard InChI is InChI=1S/C21H15F3NS.C14H16NSi.Ir/c1-12(2)13-9-10-25-17(11-13)14-7-8-16(21(22,23)24)19-15-5-3-4-6-18(15)26-20(14)19;1-16(2,3)13-9-10-14(15-11-13)12-7-5-4-6-8-12;/h3-6,8-12H,1-2H3;4-7,9-11H,1-3H3;/q2*-1;/i12D;;. The Kier molecular flexibility index (Phi) is 9.62. The van der Waals surface area contributed by atoms with Crippen LogP contribution >= 0.6 is 11.3 Å². The Morgan fingerprint density at radius 1 is 0.907 bits per heavy atom. The fourth-order valence-corrected chi connectivity index (χ4v) is 6.88. The Morgan fingerprint density at radius 2 is 1.65 bits per heavy atom. The zero-order valence-electron chi connectivity index (χ0n) is 25.4. The molecule has 0 spiro atoms. The topological polar surface area (TPSA) is 25.8 Å². The molecule has 0 saturated heterocycles. The van der Waals surface area contributed by atoms with E-state index in [1.807, 2.05) is 42.6 Å². The molecule has 0 N–H and O–H groups in total. The summed E-state index contributed by atoms with van der Waals surface area (Å²) in [6.45, 7) is 10.5. The molecule has 0 aliphatic heterocycles. The van der Waals surface area contributed by atoms with Gasteiger partial charge in [-0.1, -0.05) is 80.8 Å². The van der Waals surface area contributed by atoms with Gasteiger partial charge in [-0.25, -0.2) is 0 Å². The molecule has 0 amide bonds. The van der Waals surface area contributed by atoms with Crippen molar-refractivity contribution in [1.29, 1.82) is 0 Å². The Bertz CT molecular complexity index is 1880. The summed E-state index contributed by atoms with van der Waals surface area (Å²) in [5, 5.41) is 2.17. The predicted molar refractivity (Wildman–Crippen MR) is 172 cm³/mol. The summed E-state index contributed by atoms with van der Waals surface area (Å²) in [7, 11) is -1.23. The van der Waals surface area contributed by atoms with E-state index in [0.717, 1.165) is 27.6 Å². The molecular formula is C35H31F3IrN2SSi-2. The third-order valence-electron chi connectivity index (χ3n) is 6.97. The number of hydrogen-bond donors (Lipinski definition) is 0. The van der Waals surface area contributed by atoms with E-state index in [-0.39, 0.29) is 25.5 Å². The van der Waals surface area contributed by atoms with E-state index in [1.54, 1.807) is 44.3 Å². The maximum atomic E-state index is 13.6. The van der Waals surface area contributed by atoms with Crippen molar-refractivity contribution in [3.63, 3.8) is 0 Å². The van der Waals surface area contributed by atoms with Crippen LogP contribution in [0.4, 0.5) is 13.2 Å². The first-order chi connectivity index (χ1) is 20.2. The maximum absolute atomic E-state index is 13.6. The van der Waals surface area contributed by atoms with Crippen LogP contribution < -0.4 is 5.19 Å². The van der Waals surface area contributed by atoms with Gasteiger partial charge in [-0.15, -0.1) is 53.6 Å². The monoisotopic (exact) mass is 790 g/mol. The first-order valence-corrected chi connectivity index (χ1v) is 17.9. The zero-order chi connectivity index (χ0) is 31.0. The molecule has 0 atom stereocenters. The van der Waals surface area contributed by atoms with Crippen molar-refractivity contribution in [3.8, 4) is 22.5 Å². The second kappa shape index (κ2) is 13.2. The van der Waals surface area contributed by atoms with Crippen LogP contribution in [0.25, 0.3) is 42.7 Å². The largest absolute Gasteiger partial charge is 0.382 e. The first kappa shape index (κ1) is 31.3. The number of benzene rings is 3. The van der Waals surface area contributed by atoms with Crippen molar-refractivity contribution in [2.75, 3.05) is 0 Å². The first-order valence-electron chi connectivity index (χ1n) is 14.1. The minimum atomic E-state index is -4.46. The van der Waals surface area contributed by atoms with Crippen LogP contribution in [-0.2, 0) is 26.3 Å². The van der Waals surface area contributed by atoms with Gasteiger partial charge in [-0.2, -0.15) is 24.5 Å². The Hall–Kier alpha value is -3.16. The number of halogens is 3. The predicted octanol–water partition coefficient (Wildman–Crippen LogP) is 10.2. The van der Waals surface area contributed by atoms with Gasteiger partial charge in [0.1, 0.15) is 0 Å². The van der Waals surface area contributed by atoms with E-state index < -0.39 is 25.7 Å². The molecular weight excluding hydrogens is 758 g/mol. The maximum Gasteiger partial charge on any atom is 0.382 e. The molecule has 0 aliphatic carbocycles. The molecule has 3 aromatic heterocycles. The van der Waals surface area contributed by atoms with Crippen molar-refractivity contribution in [1.82, 2.24) is 9.97 Å². The summed E-state index contributed by atoms with van der Waals surface area (Å²) in [4.78, 5) is 8.87. The SMILES string of the molecule is C[Si](C)(C)c1ccc(-c2[c-]cccc2)nc1.[2H]C(C)(C)c1ccnc(-c2[c-]cc(C(F)(F)F)c3c2sc2ccccc23)c1.[Ir]. The molecule has 6 rings (SSSR count). The molecule has 3 aromatic carbocycles. The average Bonchev–Trinajstić information content (AvgIpc) is 3.36. The molecule has 0 unspecified atom stereocenters. The van der Waals surface area contributed by atoms with Gasteiger partial charge in [0.25, 0.3) is 0 Å². The van der Waals surface area contributed by atoms with Gasteiger partial charge in [-0.3, -0.25) is 0 Å². The number of aromatic nitrogens is 2. The van der Waals surface area contributed by atoms with Gasteiger partial charge in [0.15, 0.2) is 0 Å². The number of fused-ring (bicyclic) bond motifs is 3. The average molecular weight is 790 g/mol. The summed E-state index contributed by atoms with van der Waals surface area (Å²) < 4.78 is 50.4. The van der Waals surface area contributed by atoms with Crippen molar-refractivity contribution < 1.29 is 34.6 Å². The van der Waals surface area contributed by atoms with Crippen LogP contribution in [0, 0.1) is 12.1 Å². The number of rotatable bonds is 4. The van der Waals surface area contributed by atoms with Crippen molar-refractivity contribution in [3.05, 3.63) is 115 Å². The summed E-state index contributed by atoms with van der Waals surface area (Å²) in [5.41, 5.74) is 3.18. The van der Waals surface area contributed by atoms with Crippen LogP contribution in [0.2, 0.25) is 19.6 Å². The number of alkyl halides is 3. The van der Waals surface area contributed by atoms with Gasteiger partial charge in [0.2, 0.25) is 0 Å². The molecule has 6 aromatic rings. The number of pyridine rings is 2. The van der Waals surface area contributed by atoms with E-state index >= 15 is 0 Å². The van der Waals surface area contributed by atoms with Gasteiger partial charge in [0, 0.05) is 38.6 Å². The molecule has 0 bridgehead atoms. The fraction of sp³-hybridized carbons (Fsp3) is 0.200. The Morgan fingerprint density at radius 3 is 2.28 bits per heavy atom. The van der Waals surface area contributed by atoms with Gasteiger partial charge in [0.05, 0.1) is 8.07 Å². The van der Waals surface area contributed by atoms with E-state index in [9.17, 15) is 13.2 Å². The third-order valence-corrected chi connectivity index (χ3v) is 10.2. The summed E-state index contributed by atoms with van der Waals surface area (Å²) in [5.74, 6) is -0.830. The van der Waals surface area contributed by atoms with Gasteiger partial charge >= 0.3 is 6.18 Å². The third kappa shape index (κ3) is 7.32. The number of nitrogens with zero attached hydrogens (tertiary/aromatic N) is 2. The molecule has 0 fully saturated rings. The number of thiophene rings is 1. The smallest absolute Gasteiger partial charge is 0.305 e. The molecule has 0 saturated carbocycles. The van der Waals surface area contributed by atoms with Gasteiger partial charge < -0.3 is 9.97 Å². The van der Waals surface area contributed by atoms with Crippen LogP contribution in [0.5, 0.6) is 0 Å². The minimum absolute atomic E-state index is 0. The van der Waals surface area contributed by atoms with Crippen molar-refractivity contribution >= 4 is 44.8 Å².